The van der Waals surface area contributed by atoms with Crippen molar-refractivity contribution in [3.63, 3.8) is 0 Å². The number of hydrogen-bond donors (Lipinski definition) is 1. The molecule has 1 aliphatic rings. The molecule has 3 heterocycles. The Hall–Kier alpha value is -3.55. The van der Waals surface area contributed by atoms with Crippen molar-refractivity contribution < 1.29 is 9.53 Å². The minimum Gasteiger partial charge on any atom is -0.460 e. The first-order chi connectivity index (χ1) is 12.7. The molecule has 3 aromatic rings. The smallest absolute Gasteiger partial charge is 0.317 e. The third kappa shape index (κ3) is 2.92. The Morgan fingerprint density at radius 1 is 1.23 bits per heavy atom. The number of benzene rings is 1. The van der Waals surface area contributed by atoms with E-state index < -0.39 is 17.9 Å². The highest BCUT2D eigenvalue weighted by Crippen LogP contribution is 2.37. The minimum absolute atomic E-state index is 0.186. The van der Waals surface area contributed by atoms with Crippen molar-refractivity contribution in [1.29, 1.82) is 0 Å². The average Bonchev–Trinajstić information content (AvgIpc) is 3.14. The molecule has 2 unspecified atom stereocenters. The van der Waals surface area contributed by atoms with Gasteiger partial charge in [0.2, 0.25) is 5.95 Å². The van der Waals surface area contributed by atoms with E-state index >= 15 is 0 Å². The fourth-order valence-corrected chi connectivity index (χ4v) is 2.99. The lowest BCUT2D eigenvalue weighted by molar-refractivity contribution is -0.149. The molecule has 0 radical (unpaired) electrons. The van der Waals surface area contributed by atoms with Crippen LogP contribution in [0.15, 0.2) is 67.1 Å². The van der Waals surface area contributed by atoms with E-state index in [4.69, 9.17) is 4.74 Å². The zero-order chi connectivity index (χ0) is 17.9. The van der Waals surface area contributed by atoms with Crippen molar-refractivity contribution in [3.8, 4) is 0 Å². The number of rotatable bonds is 4. The number of tetrazole rings is 1. The van der Waals surface area contributed by atoms with Crippen molar-refractivity contribution in [2.45, 2.75) is 12.6 Å². The molecule has 0 amide bonds. The number of ether oxygens (including phenoxy) is 1. The molecule has 1 aromatic carbocycles. The van der Waals surface area contributed by atoms with Gasteiger partial charge in [0.25, 0.3) is 0 Å². The average molecular weight is 348 g/mol. The van der Waals surface area contributed by atoms with E-state index in [1.54, 1.807) is 23.1 Å². The van der Waals surface area contributed by atoms with Crippen LogP contribution < -0.4 is 5.32 Å². The molecule has 1 N–H and O–H groups in total. The number of pyridine rings is 1. The Balaban J connectivity index is 1.64. The molecule has 0 fully saturated rings. The molecule has 130 valence electrons. The van der Waals surface area contributed by atoms with Gasteiger partial charge in [-0.25, -0.2) is 4.68 Å². The molecule has 26 heavy (non-hydrogen) atoms. The summed E-state index contributed by atoms with van der Waals surface area (Å²) in [6, 6.07) is 12.7. The van der Waals surface area contributed by atoms with Crippen LogP contribution in [0.3, 0.4) is 0 Å². The van der Waals surface area contributed by atoms with Gasteiger partial charge in [0.05, 0.1) is 0 Å². The molecule has 8 heteroatoms. The molecule has 0 saturated carbocycles. The number of hydrogen-bond acceptors (Lipinski definition) is 7. The standard InChI is InChI=1S/C18H16N6O2/c1-12-15(17(25)26-11-13-6-3-2-4-7-13)16(14-8-5-9-19-10-14)24-18(20-12)21-22-23-24/h2-10,15-16H,1,11H2,(H,20,21,23). The Morgan fingerprint density at radius 2 is 2.08 bits per heavy atom. The fraction of sp³-hybridized carbons (Fsp3) is 0.167. The normalized spacial score (nSPS) is 18.7. The summed E-state index contributed by atoms with van der Waals surface area (Å²) in [4.78, 5) is 17.0. The predicted molar refractivity (Wildman–Crippen MR) is 92.7 cm³/mol. The molecule has 2 atom stereocenters. The van der Waals surface area contributed by atoms with Crippen LogP contribution >= 0.6 is 0 Å². The van der Waals surface area contributed by atoms with Crippen LogP contribution in [0.4, 0.5) is 5.95 Å². The maximum atomic E-state index is 12.9. The van der Waals surface area contributed by atoms with Crippen LogP contribution in [-0.2, 0) is 16.1 Å². The zero-order valence-electron chi connectivity index (χ0n) is 13.8. The first kappa shape index (κ1) is 15.9. The second-order valence-corrected chi connectivity index (χ2v) is 5.90. The highest BCUT2D eigenvalue weighted by Gasteiger charge is 2.41. The maximum absolute atomic E-state index is 12.9. The highest BCUT2D eigenvalue weighted by molar-refractivity contribution is 5.79. The first-order valence-corrected chi connectivity index (χ1v) is 8.08. The van der Waals surface area contributed by atoms with Crippen molar-refractivity contribution in [3.05, 3.63) is 78.3 Å². The van der Waals surface area contributed by atoms with E-state index in [9.17, 15) is 4.79 Å². The van der Waals surface area contributed by atoms with Crippen LogP contribution in [0, 0.1) is 5.92 Å². The lowest BCUT2D eigenvalue weighted by atomic mass is 9.90. The van der Waals surface area contributed by atoms with E-state index in [1.807, 2.05) is 36.4 Å². The van der Waals surface area contributed by atoms with Crippen LogP contribution in [0.5, 0.6) is 0 Å². The van der Waals surface area contributed by atoms with E-state index in [2.05, 4.69) is 32.4 Å². The Bertz CT molecular complexity index is 925. The Kier molecular flexibility index (Phi) is 4.14. The van der Waals surface area contributed by atoms with E-state index in [0.717, 1.165) is 11.1 Å². The van der Waals surface area contributed by atoms with Crippen molar-refractivity contribution >= 4 is 11.9 Å². The summed E-state index contributed by atoms with van der Waals surface area (Å²) >= 11 is 0. The summed E-state index contributed by atoms with van der Waals surface area (Å²) in [7, 11) is 0. The number of anilines is 1. The van der Waals surface area contributed by atoms with Crippen molar-refractivity contribution in [2.24, 2.45) is 5.92 Å². The largest absolute Gasteiger partial charge is 0.460 e. The van der Waals surface area contributed by atoms with Gasteiger partial charge in [-0.2, -0.15) is 0 Å². The summed E-state index contributed by atoms with van der Waals surface area (Å²) in [5, 5.41) is 14.6. The van der Waals surface area contributed by atoms with Gasteiger partial charge in [-0.1, -0.05) is 48.1 Å². The number of aromatic nitrogens is 5. The van der Waals surface area contributed by atoms with E-state index in [0.29, 0.717) is 11.6 Å². The number of fused-ring (bicyclic) bond motifs is 1. The van der Waals surface area contributed by atoms with Crippen LogP contribution in [-0.4, -0.2) is 31.2 Å². The summed E-state index contributed by atoms with van der Waals surface area (Å²) in [5.41, 5.74) is 2.20. The molecule has 4 rings (SSSR count). The molecular formula is C18H16N6O2. The molecule has 0 saturated heterocycles. The minimum atomic E-state index is -0.682. The number of carbonyl (C=O) groups is 1. The van der Waals surface area contributed by atoms with E-state index in [1.165, 1.54) is 0 Å². The lowest BCUT2D eigenvalue weighted by Crippen LogP contribution is -2.37. The second-order valence-electron chi connectivity index (χ2n) is 5.90. The third-order valence-electron chi connectivity index (χ3n) is 4.22. The van der Waals surface area contributed by atoms with Gasteiger partial charge in [0.15, 0.2) is 0 Å². The molecule has 0 bridgehead atoms. The van der Waals surface area contributed by atoms with Gasteiger partial charge in [-0.15, -0.1) is 0 Å². The summed E-state index contributed by atoms with van der Waals surface area (Å²) in [5.74, 6) is -0.656. The van der Waals surface area contributed by atoms with Gasteiger partial charge >= 0.3 is 5.97 Å². The van der Waals surface area contributed by atoms with Crippen LogP contribution in [0.25, 0.3) is 0 Å². The van der Waals surface area contributed by atoms with Gasteiger partial charge < -0.3 is 10.1 Å². The van der Waals surface area contributed by atoms with Gasteiger partial charge in [-0.05, 0) is 27.6 Å². The Morgan fingerprint density at radius 3 is 2.85 bits per heavy atom. The second kappa shape index (κ2) is 6.75. The molecule has 0 aliphatic carbocycles. The highest BCUT2D eigenvalue weighted by atomic mass is 16.5. The number of nitrogens with zero attached hydrogens (tertiary/aromatic N) is 5. The molecule has 8 nitrogen and oxygen atoms in total. The van der Waals surface area contributed by atoms with E-state index in [-0.39, 0.29) is 6.61 Å². The number of carbonyl (C=O) groups excluding carboxylic acids is 1. The summed E-state index contributed by atoms with van der Waals surface area (Å²) in [6.07, 6.45) is 3.36. The fourth-order valence-electron chi connectivity index (χ4n) is 2.99. The number of nitrogens with one attached hydrogen (secondary N) is 1. The number of esters is 1. The maximum Gasteiger partial charge on any atom is 0.317 e. The SMILES string of the molecule is C=C1Nc2nnnn2C(c2cccnc2)C1C(=O)OCc1ccccc1. The van der Waals surface area contributed by atoms with Crippen molar-refractivity contribution in [2.75, 3.05) is 5.32 Å². The Labute approximate surface area is 149 Å². The quantitative estimate of drug-likeness (QED) is 0.720. The van der Waals surface area contributed by atoms with Crippen molar-refractivity contribution in [1.82, 2.24) is 25.2 Å². The molecular weight excluding hydrogens is 332 g/mol. The first-order valence-electron chi connectivity index (χ1n) is 8.08. The monoisotopic (exact) mass is 348 g/mol. The van der Waals surface area contributed by atoms with Gasteiger partial charge in [-0.3, -0.25) is 9.78 Å². The molecule has 0 spiro atoms. The van der Waals surface area contributed by atoms with Gasteiger partial charge in [0.1, 0.15) is 18.6 Å². The molecule has 1 aliphatic heterocycles. The zero-order valence-corrected chi connectivity index (χ0v) is 13.8. The van der Waals surface area contributed by atoms with Gasteiger partial charge in [0, 0.05) is 18.1 Å². The van der Waals surface area contributed by atoms with Crippen LogP contribution in [0.1, 0.15) is 17.2 Å². The predicted octanol–water partition coefficient (Wildman–Crippen LogP) is 1.96. The lowest BCUT2D eigenvalue weighted by Gasteiger charge is -2.32. The third-order valence-corrected chi connectivity index (χ3v) is 4.22. The summed E-state index contributed by atoms with van der Waals surface area (Å²) < 4.78 is 7.09. The summed E-state index contributed by atoms with van der Waals surface area (Å²) in [6.45, 7) is 4.17. The topological polar surface area (TPSA) is 94.8 Å². The molecule has 2 aromatic heterocycles. The van der Waals surface area contributed by atoms with Crippen LogP contribution in [0.2, 0.25) is 0 Å².